The first-order chi connectivity index (χ1) is 14.2. The number of halogens is 3. The Bertz CT molecular complexity index is 969. The number of Topliss-reactive ketones (excluding diaryl/α,β-unsaturated/α-hetero) is 1. The van der Waals surface area contributed by atoms with Gasteiger partial charge >= 0.3 is 6.18 Å². The molecule has 1 saturated carbocycles. The van der Waals surface area contributed by atoms with E-state index in [1.807, 2.05) is 4.90 Å². The van der Waals surface area contributed by atoms with Crippen molar-refractivity contribution in [2.45, 2.75) is 37.8 Å². The summed E-state index contributed by atoms with van der Waals surface area (Å²) < 4.78 is 46.4. The minimum atomic E-state index is -4.62. The molecule has 0 amide bonds. The van der Waals surface area contributed by atoms with Gasteiger partial charge in [0.05, 0.1) is 30.2 Å². The van der Waals surface area contributed by atoms with Gasteiger partial charge in [0.2, 0.25) is 5.95 Å². The molecule has 2 aromatic rings. The van der Waals surface area contributed by atoms with Crippen LogP contribution in [0.4, 0.5) is 24.9 Å². The fourth-order valence-corrected chi connectivity index (χ4v) is 3.81. The first-order valence-corrected chi connectivity index (χ1v) is 9.73. The third kappa shape index (κ3) is 4.09. The summed E-state index contributed by atoms with van der Waals surface area (Å²) in [6, 6.07) is 2.37. The zero-order chi connectivity index (χ0) is 21.5. The Morgan fingerprint density at radius 1 is 1.23 bits per heavy atom. The Morgan fingerprint density at radius 2 is 1.93 bits per heavy atom. The van der Waals surface area contributed by atoms with Crippen LogP contribution in [-0.2, 0) is 21.1 Å². The summed E-state index contributed by atoms with van der Waals surface area (Å²) in [6.45, 7) is 3.55. The fraction of sp³-hybridized carbons (Fsp3) is 0.500. The molecule has 4 rings (SSSR count). The van der Waals surface area contributed by atoms with Crippen molar-refractivity contribution in [3.8, 4) is 11.3 Å². The van der Waals surface area contributed by atoms with E-state index in [9.17, 15) is 18.0 Å². The van der Waals surface area contributed by atoms with E-state index in [0.717, 1.165) is 25.1 Å². The van der Waals surface area contributed by atoms with Gasteiger partial charge in [-0.15, -0.1) is 0 Å². The second-order valence-electron chi connectivity index (χ2n) is 7.85. The SMILES string of the molecule is CC(=O)CC1(c2cc(-c3cnc(N)cc3C(F)(F)F)nc(N3CCOCC3)n2)CC1. The van der Waals surface area contributed by atoms with Gasteiger partial charge in [0.1, 0.15) is 11.6 Å². The molecule has 0 spiro atoms. The summed E-state index contributed by atoms with van der Waals surface area (Å²) in [6.07, 6.45) is -1.70. The number of nitrogens with zero attached hydrogens (tertiary/aromatic N) is 4. The van der Waals surface area contributed by atoms with Crippen molar-refractivity contribution in [2.24, 2.45) is 0 Å². The first kappa shape index (κ1) is 20.5. The number of alkyl halides is 3. The molecule has 0 atom stereocenters. The zero-order valence-corrected chi connectivity index (χ0v) is 16.5. The van der Waals surface area contributed by atoms with Crippen molar-refractivity contribution < 1.29 is 22.7 Å². The van der Waals surface area contributed by atoms with E-state index in [1.165, 1.54) is 6.92 Å². The van der Waals surface area contributed by atoms with Crippen LogP contribution in [0.15, 0.2) is 18.3 Å². The summed E-state index contributed by atoms with van der Waals surface area (Å²) in [5, 5.41) is 0. The van der Waals surface area contributed by atoms with Crippen molar-refractivity contribution in [1.82, 2.24) is 15.0 Å². The molecule has 2 aromatic heterocycles. The van der Waals surface area contributed by atoms with Gasteiger partial charge in [0, 0.05) is 36.7 Å². The molecule has 10 heteroatoms. The van der Waals surface area contributed by atoms with Gasteiger partial charge in [-0.25, -0.2) is 15.0 Å². The van der Waals surface area contributed by atoms with E-state index in [1.54, 1.807) is 6.07 Å². The van der Waals surface area contributed by atoms with Gasteiger partial charge in [-0.2, -0.15) is 13.2 Å². The van der Waals surface area contributed by atoms with E-state index in [4.69, 9.17) is 10.5 Å². The molecule has 0 radical (unpaired) electrons. The quantitative estimate of drug-likeness (QED) is 0.793. The minimum absolute atomic E-state index is 0.0192. The maximum atomic E-state index is 13.7. The lowest BCUT2D eigenvalue weighted by Gasteiger charge is -2.28. The highest BCUT2D eigenvalue weighted by atomic mass is 19.4. The maximum absolute atomic E-state index is 13.7. The molecule has 2 fully saturated rings. The van der Waals surface area contributed by atoms with E-state index in [-0.39, 0.29) is 22.9 Å². The third-order valence-electron chi connectivity index (χ3n) is 5.50. The van der Waals surface area contributed by atoms with Crippen molar-refractivity contribution in [2.75, 3.05) is 36.9 Å². The molecule has 0 unspecified atom stereocenters. The van der Waals surface area contributed by atoms with Gasteiger partial charge < -0.3 is 15.4 Å². The fourth-order valence-electron chi connectivity index (χ4n) is 3.81. The molecule has 2 aliphatic rings. The van der Waals surface area contributed by atoms with Crippen molar-refractivity contribution in [1.29, 1.82) is 0 Å². The van der Waals surface area contributed by atoms with Crippen LogP contribution in [-0.4, -0.2) is 47.0 Å². The third-order valence-corrected chi connectivity index (χ3v) is 5.50. The summed E-state index contributed by atoms with van der Waals surface area (Å²) >= 11 is 0. The Labute approximate surface area is 171 Å². The van der Waals surface area contributed by atoms with Gasteiger partial charge in [-0.3, -0.25) is 4.79 Å². The molecule has 3 heterocycles. The topological polar surface area (TPSA) is 94.2 Å². The van der Waals surface area contributed by atoms with Crippen LogP contribution < -0.4 is 10.6 Å². The van der Waals surface area contributed by atoms with Crippen molar-refractivity contribution in [3.05, 3.63) is 29.6 Å². The Morgan fingerprint density at radius 3 is 2.53 bits per heavy atom. The number of aromatic nitrogens is 3. The van der Waals surface area contributed by atoms with Crippen LogP contribution in [0.1, 0.15) is 37.4 Å². The number of hydrogen-bond acceptors (Lipinski definition) is 7. The van der Waals surface area contributed by atoms with Crippen LogP contribution in [0.3, 0.4) is 0 Å². The standard InChI is InChI=1S/C20H22F3N5O2/c1-12(29)10-19(2-3-19)16-9-15(26-18(27-16)28-4-6-30-7-5-28)13-11-25-17(24)8-14(13)20(21,22)23/h8-9,11H,2-7,10H2,1H3,(H2,24,25). The number of pyridine rings is 1. The number of nitrogens with two attached hydrogens (primary N) is 1. The van der Waals surface area contributed by atoms with Gasteiger partial charge in [0.15, 0.2) is 0 Å². The van der Waals surface area contributed by atoms with E-state index in [2.05, 4.69) is 15.0 Å². The Balaban J connectivity index is 1.86. The Kier molecular flexibility index (Phi) is 5.13. The zero-order valence-electron chi connectivity index (χ0n) is 16.5. The molecule has 1 aliphatic carbocycles. The second kappa shape index (κ2) is 7.50. The largest absolute Gasteiger partial charge is 0.417 e. The van der Waals surface area contributed by atoms with Gasteiger partial charge in [-0.05, 0) is 31.9 Å². The van der Waals surface area contributed by atoms with E-state index in [0.29, 0.717) is 44.4 Å². The van der Waals surface area contributed by atoms with Gasteiger partial charge in [-0.1, -0.05) is 0 Å². The van der Waals surface area contributed by atoms with Crippen LogP contribution in [0.25, 0.3) is 11.3 Å². The monoisotopic (exact) mass is 421 g/mol. The molecular formula is C20H22F3N5O2. The number of morpholine rings is 1. The molecule has 1 saturated heterocycles. The van der Waals surface area contributed by atoms with Gasteiger partial charge in [0.25, 0.3) is 0 Å². The van der Waals surface area contributed by atoms with Crippen molar-refractivity contribution in [3.63, 3.8) is 0 Å². The van der Waals surface area contributed by atoms with Crippen LogP contribution >= 0.6 is 0 Å². The summed E-state index contributed by atoms with van der Waals surface area (Å²) in [5.74, 6) is 0.139. The van der Waals surface area contributed by atoms with Crippen LogP contribution in [0, 0.1) is 0 Å². The number of hydrogen-bond donors (Lipinski definition) is 1. The maximum Gasteiger partial charge on any atom is 0.417 e. The van der Waals surface area contributed by atoms with E-state index >= 15 is 0 Å². The Hall–Kier alpha value is -2.75. The molecule has 0 bridgehead atoms. The lowest BCUT2D eigenvalue weighted by atomic mass is 9.94. The number of rotatable bonds is 5. The first-order valence-electron chi connectivity index (χ1n) is 9.73. The smallest absolute Gasteiger partial charge is 0.384 e. The molecule has 0 aromatic carbocycles. The number of nitrogen functional groups attached to an aromatic ring is 1. The average molecular weight is 421 g/mol. The average Bonchev–Trinajstić information content (AvgIpc) is 3.47. The highest BCUT2D eigenvalue weighted by Crippen LogP contribution is 2.51. The second-order valence-corrected chi connectivity index (χ2v) is 7.85. The molecular weight excluding hydrogens is 399 g/mol. The lowest BCUT2D eigenvalue weighted by molar-refractivity contribution is -0.137. The van der Waals surface area contributed by atoms with Crippen molar-refractivity contribution >= 4 is 17.5 Å². The lowest BCUT2D eigenvalue weighted by Crippen LogP contribution is -2.37. The van der Waals surface area contributed by atoms with Crippen LogP contribution in [0.2, 0.25) is 0 Å². The highest BCUT2D eigenvalue weighted by molar-refractivity contribution is 5.78. The van der Waals surface area contributed by atoms with Crippen LogP contribution in [0.5, 0.6) is 0 Å². The number of anilines is 2. The summed E-state index contributed by atoms with van der Waals surface area (Å²) in [4.78, 5) is 26.6. The molecule has 1 aliphatic heterocycles. The molecule has 2 N–H and O–H groups in total. The predicted molar refractivity (Wildman–Crippen MR) is 104 cm³/mol. The minimum Gasteiger partial charge on any atom is -0.384 e. The molecule has 7 nitrogen and oxygen atoms in total. The molecule has 160 valence electrons. The predicted octanol–water partition coefficient (Wildman–Crippen LogP) is 2.99. The summed E-state index contributed by atoms with van der Waals surface area (Å²) in [5.41, 5.74) is 4.72. The van der Waals surface area contributed by atoms with E-state index < -0.39 is 17.2 Å². The normalized spacial score (nSPS) is 18.3. The molecule has 30 heavy (non-hydrogen) atoms. The number of ether oxygens (including phenoxy) is 1. The number of carbonyl (C=O) groups is 1. The number of carbonyl (C=O) groups excluding carboxylic acids is 1. The summed E-state index contributed by atoms with van der Waals surface area (Å²) in [7, 11) is 0. The number of ketones is 1. The highest BCUT2D eigenvalue weighted by Gasteiger charge is 2.47.